The van der Waals surface area contributed by atoms with Gasteiger partial charge in [-0.25, -0.2) is 8.42 Å². The van der Waals surface area contributed by atoms with E-state index >= 15 is 0 Å². The van der Waals surface area contributed by atoms with Crippen LogP contribution in [0.1, 0.15) is 41.4 Å². The van der Waals surface area contributed by atoms with Gasteiger partial charge < -0.3 is 10.2 Å². The second kappa shape index (κ2) is 8.18. The van der Waals surface area contributed by atoms with Crippen molar-refractivity contribution >= 4 is 32.5 Å². The molecule has 0 atom stereocenters. The monoisotopic (exact) mass is 422 g/mol. The summed E-state index contributed by atoms with van der Waals surface area (Å²) in [4.78, 5) is 14.9. The van der Waals surface area contributed by atoms with Crippen molar-refractivity contribution in [2.75, 3.05) is 38.5 Å². The van der Waals surface area contributed by atoms with E-state index in [1.165, 1.54) is 15.8 Å². The maximum atomic E-state index is 12.9. The Hall–Kier alpha value is -1.97. The van der Waals surface area contributed by atoms with Gasteiger partial charge in [0, 0.05) is 33.2 Å². The highest BCUT2D eigenvalue weighted by Crippen LogP contribution is 2.27. The summed E-state index contributed by atoms with van der Waals surface area (Å²) in [5, 5.41) is 3.74. The third-order valence-corrected chi connectivity index (χ3v) is 7.88. The van der Waals surface area contributed by atoms with E-state index < -0.39 is 10.0 Å². The van der Waals surface area contributed by atoms with Crippen LogP contribution >= 0.6 is 11.5 Å². The Labute approximate surface area is 170 Å². The fourth-order valence-electron chi connectivity index (χ4n) is 3.26. The molecule has 1 fully saturated rings. The van der Waals surface area contributed by atoms with Crippen LogP contribution in [-0.2, 0) is 10.0 Å². The molecular weight excluding hydrogens is 396 g/mol. The second-order valence-electron chi connectivity index (χ2n) is 7.14. The molecule has 28 heavy (non-hydrogen) atoms. The summed E-state index contributed by atoms with van der Waals surface area (Å²) in [5.41, 5.74) is 2.38. The lowest BCUT2D eigenvalue weighted by Crippen LogP contribution is -2.50. The number of aryl methyl sites for hydroxylation is 1. The molecule has 0 aliphatic carbocycles. The van der Waals surface area contributed by atoms with E-state index in [0.717, 1.165) is 10.6 Å². The van der Waals surface area contributed by atoms with Crippen molar-refractivity contribution < 1.29 is 13.2 Å². The first-order valence-electron chi connectivity index (χ1n) is 9.29. The quantitative estimate of drug-likeness (QED) is 0.801. The largest absolute Gasteiger partial charge is 0.378 e. The molecule has 1 aromatic carbocycles. The van der Waals surface area contributed by atoms with Crippen molar-refractivity contribution in [3.8, 4) is 0 Å². The summed E-state index contributed by atoms with van der Waals surface area (Å²) in [7, 11) is -1.79. The average molecular weight is 423 g/mol. The Bertz CT molecular complexity index is 944. The van der Waals surface area contributed by atoms with Gasteiger partial charge in [0.15, 0.2) is 0 Å². The topological polar surface area (TPSA) is 82.6 Å². The van der Waals surface area contributed by atoms with Crippen LogP contribution in [0.4, 0.5) is 5.00 Å². The first-order chi connectivity index (χ1) is 13.3. The van der Waals surface area contributed by atoms with Gasteiger partial charge in [0.1, 0.15) is 5.00 Å². The van der Waals surface area contributed by atoms with E-state index in [0.29, 0.717) is 35.2 Å². The molecule has 0 spiro atoms. The molecule has 3 rings (SSSR count). The number of hydrogen-bond donors (Lipinski definition) is 1. The molecule has 9 heteroatoms. The van der Waals surface area contributed by atoms with E-state index in [9.17, 15) is 13.2 Å². The van der Waals surface area contributed by atoms with Gasteiger partial charge in [0.05, 0.1) is 16.2 Å². The number of aromatic nitrogens is 1. The minimum absolute atomic E-state index is 0.103. The van der Waals surface area contributed by atoms with E-state index in [1.54, 1.807) is 24.1 Å². The fraction of sp³-hybridized carbons (Fsp3) is 0.474. The molecule has 1 saturated heterocycles. The van der Waals surface area contributed by atoms with Crippen LogP contribution in [0.2, 0.25) is 0 Å². The van der Waals surface area contributed by atoms with Gasteiger partial charge >= 0.3 is 0 Å². The molecule has 1 N–H and O–H groups in total. The first-order valence-corrected chi connectivity index (χ1v) is 11.5. The summed E-state index contributed by atoms with van der Waals surface area (Å²) >= 11 is 1.26. The minimum Gasteiger partial charge on any atom is -0.378 e. The van der Waals surface area contributed by atoms with Crippen molar-refractivity contribution in [1.82, 2.24) is 13.6 Å². The van der Waals surface area contributed by atoms with Gasteiger partial charge in [0.2, 0.25) is 10.0 Å². The number of nitrogens with zero attached hydrogens (tertiary/aromatic N) is 3. The predicted molar refractivity (Wildman–Crippen MR) is 112 cm³/mol. The highest BCUT2D eigenvalue weighted by Gasteiger charge is 2.32. The summed E-state index contributed by atoms with van der Waals surface area (Å²) in [6, 6.07) is 7.06. The van der Waals surface area contributed by atoms with Gasteiger partial charge in [-0.15, -0.1) is 0 Å². The van der Waals surface area contributed by atoms with E-state index in [-0.39, 0.29) is 19.0 Å². The molecule has 0 saturated carbocycles. The molecule has 2 heterocycles. The highest BCUT2D eigenvalue weighted by atomic mass is 32.2. The van der Waals surface area contributed by atoms with Crippen molar-refractivity contribution in [3.05, 3.63) is 41.1 Å². The number of carbonyl (C=O) groups is 1. The van der Waals surface area contributed by atoms with E-state index in [1.807, 2.05) is 19.1 Å². The number of rotatable bonds is 5. The molecule has 152 valence electrons. The maximum absolute atomic E-state index is 12.9. The molecule has 7 nitrogen and oxygen atoms in total. The smallest absolute Gasteiger partial charge is 0.258 e. The van der Waals surface area contributed by atoms with Crippen LogP contribution in [0.25, 0.3) is 0 Å². The lowest BCUT2D eigenvalue weighted by Gasteiger charge is -2.34. The summed E-state index contributed by atoms with van der Waals surface area (Å²) in [6.45, 7) is 7.25. The minimum atomic E-state index is -3.56. The lowest BCUT2D eigenvalue weighted by molar-refractivity contribution is 0.0698. The molecular formula is C19H26N4O3S2. The highest BCUT2D eigenvalue weighted by molar-refractivity contribution is 7.89. The van der Waals surface area contributed by atoms with Crippen molar-refractivity contribution in [2.24, 2.45) is 0 Å². The number of carbonyl (C=O) groups excluding carboxylic acids is 1. The predicted octanol–water partition coefficient (Wildman–Crippen LogP) is 2.76. The van der Waals surface area contributed by atoms with E-state index in [2.05, 4.69) is 23.5 Å². The molecule has 2 aromatic rings. The van der Waals surface area contributed by atoms with Crippen LogP contribution in [0.5, 0.6) is 0 Å². The molecule has 1 aliphatic heterocycles. The van der Waals surface area contributed by atoms with Crippen molar-refractivity contribution in [3.63, 3.8) is 0 Å². The molecule has 0 bridgehead atoms. The fourth-order valence-corrected chi connectivity index (χ4v) is 5.41. The summed E-state index contributed by atoms with van der Waals surface area (Å²) in [5.74, 6) is 0.248. The van der Waals surface area contributed by atoms with Crippen LogP contribution in [-0.4, -0.2) is 61.1 Å². The standard InChI is InChI=1S/C19H26N4O3S2/c1-13(2)15-5-7-16(8-6-15)28(25,26)23-11-9-22(10-12-23)19(24)17-14(3)21-27-18(17)20-4/h5-8,13,20H,9-12H2,1-4H3. The third-order valence-electron chi connectivity index (χ3n) is 5.01. The maximum Gasteiger partial charge on any atom is 0.258 e. The molecule has 0 unspecified atom stereocenters. The Kier molecular flexibility index (Phi) is 6.07. The normalized spacial score (nSPS) is 15.8. The number of amides is 1. The second-order valence-corrected chi connectivity index (χ2v) is 9.85. The molecule has 1 amide bonds. The zero-order valence-electron chi connectivity index (χ0n) is 16.6. The number of nitrogens with one attached hydrogen (secondary N) is 1. The number of hydrogen-bond acceptors (Lipinski definition) is 6. The lowest BCUT2D eigenvalue weighted by atomic mass is 10.0. The zero-order valence-corrected chi connectivity index (χ0v) is 18.2. The van der Waals surface area contributed by atoms with E-state index in [4.69, 9.17) is 0 Å². The first kappa shape index (κ1) is 20.8. The molecule has 0 radical (unpaired) electrons. The van der Waals surface area contributed by atoms with Gasteiger partial charge in [-0.05, 0) is 42.1 Å². The Morgan fingerprint density at radius 2 is 1.75 bits per heavy atom. The number of sulfonamides is 1. The van der Waals surface area contributed by atoms with Crippen molar-refractivity contribution in [2.45, 2.75) is 31.6 Å². The van der Waals surface area contributed by atoms with Crippen LogP contribution < -0.4 is 5.32 Å². The SMILES string of the molecule is CNc1snc(C)c1C(=O)N1CCN(S(=O)(=O)c2ccc(C(C)C)cc2)CC1. The number of anilines is 1. The van der Waals surface area contributed by atoms with Crippen LogP contribution in [0.3, 0.4) is 0 Å². The van der Waals surface area contributed by atoms with Gasteiger partial charge in [-0.2, -0.15) is 8.68 Å². The number of benzene rings is 1. The number of piperazine rings is 1. The van der Waals surface area contributed by atoms with Gasteiger partial charge in [0.25, 0.3) is 5.91 Å². The summed E-state index contributed by atoms with van der Waals surface area (Å²) in [6.07, 6.45) is 0. The van der Waals surface area contributed by atoms with Gasteiger partial charge in [-0.3, -0.25) is 4.79 Å². The Morgan fingerprint density at radius 1 is 1.14 bits per heavy atom. The Balaban J connectivity index is 1.70. The third kappa shape index (κ3) is 3.92. The Morgan fingerprint density at radius 3 is 2.29 bits per heavy atom. The molecule has 1 aliphatic rings. The van der Waals surface area contributed by atoms with Crippen LogP contribution in [0.15, 0.2) is 29.2 Å². The summed E-state index contributed by atoms with van der Waals surface area (Å²) < 4.78 is 31.6. The zero-order chi connectivity index (χ0) is 20.5. The van der Waals surface area contributed by atoms with Crippen LogP contribution in [0, 0.1) is 6.92 Å². The van der Waals surface area contributed by atoms with Gasteiger partial charge in [-0.1, -0.05) is 26.0 Å². The average Bonchev–Trinajstić information content (AvgIpc) is 3.08. The van der Waals surface area contributed by atoms with Crippen molar-refractivity contribution in [1.29, 1.82) is 0 Å². The molecule has 1 aromatic heterocycles.